The fraction of sp³-hybridized carbons (Fsp3) is 0.600. The molecular formula is C10H14N4O3S. The third kappa shape index (κ3) is 3.16. The van der Waals surface area contributed by atoms with Crippen LogP contribution in [0.3, 0.4) is 0 Å². The maximum Gasteiger partial charge on any atom is 0.321 e. The Kier molecular flexibility index (Phi) is 3.75. The molecule has 0 saturated heterocycles. The molecule has 2 rings (SSSR count). The Bertz CT molecular complexity index is 430. The fourth-order valence-electron chi connectivity index (χ4n) is 2.05. The molecule has 1 fully saturated rings. The quantitative estimate of drug-likeness (QED) is 0.748. The largest absolute Gasteiger partial charge is 0.481 e. The van der Waals surface area contributed by atoms with E-state index in [2.05, 4.69) is 20.8 Å². The van der Waals surface area contributed by atoms with E-state index in [0.717, 1.165) is 19.3 Å². The van der Waals surface area contributed by atoms with Gasteiger partial charge in [-0.25, -0.2) is 4.79 Å². The lowest BCUT2D eigenvalue weighted by Crippen LogP contribution is -2.44. The maximum atomic E-state index is 11.6. The van der Waals surface area contributed by atoms with Gasteiger partial charge in [-0.1, -0.05) is 17.8 Å². The number of hydrogen-bond acceptors (Lipinski definition) is 5. The van der Waals surface area contributed by atoms with Crippen molar-refractivity contribution >= 4 is 28.5 Å². The molecule has 0 unspecified atom stereocenters. The zero-order valence-corrected chi connectivity index (χ0v) is 10.5. The van der Waals surface area contributed by atoms with Gasteiger partial charge in [-0.3, -0.25) is 10.1 Å². The van der Waals surface area contributed by atoms with Crippen LogP contribution in [0, 0.1) is 5.41 Å². The number of nitrogens with zero attached hydrogens (tertiary/aromatic N) is 2. The molecule has 1 aromatic rings. The van der Waals surface area contributed by atoms with Crippen LogP contribution in [0.25, 0.3) is 0 Å². The Labute approximate surface area is 108 Å². The first kappa shape index (κ1) is 12.7. The summed E-state index contributed by atoms with van der Waals surface area (Å²) in [5.41, 5.74) is 1.25. The monoisotopic (exact) mass is 270 g/mol. The predicted octanol–water partition coefficient (Wildman–Crippen LogP) is 1.30. The minimum Gasteiger partial charge on any atom is -0.481 e. The number of urea groups is 1. The summed E-state index contributed by atoms with van der Waals surface area (Å²) in [7, 11) is 0. The number of rotatable bonds is 5. The molecule has 7 nitrogen and oxygen atoms in total. The zero-order chi connectivity index (χ0) is 13.0. The molecule has 8 heteroatoms. The molecule has 1 aliphatic rings. The highest BCUT2D eigenvalue weighted by atomic mass is 32.1. The van der Waals surface area contributed by atoms with E-state index in [9.17, 15) is 9.59 Å². The van der Waals surface area contributed by atoms with Crippen LogP contribution in [0.1, 0.15) is 25.7 Å². The van der Waals surface area contributed by atoms with E-state index in [4.69, 9.17) is 5.11 Å². The molecule has 2 amide bonds. The van der Waals surface area contributed by atoms with Crippen molar-refractivity contribution in [2.45, 2.75) is 25.7 Å². The number of carbonyl (C=O) groups excluding carboxylic acids is 1. The standard InChI is InChI=1S/C10H14N4O3S/c15-7(16)4-10(2-1-3-10)5-11-8(17)13-9-14-12-6-18-9/h6H,1-5H2,(H,15,16)(H2,11,13,14,17). The first-order valence-electron chi connectivity index (χ1n) is 5.62. The number of hydrogen-bond donors (Lipinski definition) is 3. The summed E-state index contributed by atoms with van der Waals surface area (Å²) in [5, 5.41) is 21.8. The van der Waals surface area contributed by atoms with Gasteiger partial charge in [-0.05, 0) is 18.3 Å². The van der Waals surface area contributed by atoms with Gasteiger partial charge in [0.05, 0.1) is 6.42 Å². The van der Waals surface area contributed by atoms with Crippen molar-refractivity contribution in [1.29, 1.82) is 0 Å². The van der Waals surface area contributed by atoms with Crippen LogP contribution >= 0.6 is 11.3 Å². The Morgan fingerprint density at radius 2 is 2.28 bits per heavy atom. The van der Waals surface area contributed by atoms with Gasteiger partial charge < -0.3 is 10.4 Å². The summed E-state index contributed by atoms with van der Waals surface area (Å²) >= 11 is 1.23. The van der Waals surface area contributed by atoms with Gasteiger partial charge in [-0.2, -0.15) is 0 Å². The number of aliphatic carboxylic acids is 1. The summed E-state index contributed by atoms with van der Waals surface area (Å²) in [5.74, 6) is -0.818. The third-order valence-corrected chi connectivity index (χ3v) is 3.75. The highest BCUT2D eigenvalue weighted by molar-refractivity contribution is 7.13. The maximum absolute atomic E-state index is 11.6. The SMILES string of the molecule is O=C(O)CC1(CNC(=O)Nc2nncs2)CCC1. The zero-order valence-electron chi connectivity index (χ0n) is 9.68. The highest BCUT2D eigenvalue weighted by Crippen LogP contribution is 2.43. The molecule has 1 saturated carbocycles. The van der Waals surface area contributed by atoms with Crippen molar-refractivity contribution in [3.8, 4) is 0 Å². The van der Waals surface area contributed by atoms with Crippen LogP contribution in [0.2, 0.25) is 0 Å². The van der Waals surface area contributed by atoms with Crippen LogP contribution in [-0.4, -0.2) is 33.8 Å². The normalized spacial score (nSPS) is 16.7. The van der Waals surface area contributed by atoms with Crippen molar-refractivity contribution in [2.75, 3.05) is 11.9 Å². The topological polar surface area (TPSA) is 104 Å². The summed E-state index contributed by atoms with van der Waals surface area (Å²) in [6, 6.07) is -0.372. The minimum absolute atomic E-state index is 0.103. The van der Waals surface area contributed by atoms with Gasteiger partial charge in [-0.15, -0.1) is 10.2 Å². The number of aromatic nitrogens is 2. The van der Waals surface area contributed by atoms with Crippen molar-refractivity contribution in [3.05, 3.63) is 5.51 Å². The number of carboxylic acids is 1. The number of carboxylic acid groups (broad SMARTS) is 1. The Hall–Kier alpha value is -1.70. The lowest BCUT2D eigenvalue weighted by Gasteiger charge is -2.40. The van der Waals surface area contributed by atoms with Crippen molar-refractivity contribution in [3.63, 3.8) is 0 Å². The van der Waals surface area contributed by atoms with Crippen molar-refractivity contribution in [2.24, 2.45) is 5.41 Å². The average molecular weight is 270 g/mol. The van der Waals surface area contributed by atoms with E-state index in [1.807, 2.05) is 0 Å². The van der Waals surface area contributed by atoms with Gasteiger partial charge in [0, 0.05) is 6.54 Å². The summed E-state index contributed by atoms with van der Waals surface area (Å²) in [6.07, 6.45) is 2.82. The molecular weight excluding hydrogens is 256 g/mol. The second kappa shape index (κ2) is 5.30. The van der Waals surface area contributed by atoms with Gasteiger partial charge in [0.1, 0.15) is 5.51 Å². The van der Waals surface area contributed by atoms with Crippen LogP contribution in [0.5, 0.6) is 0 Å². The third-order valence-electron chi connectivity index (χ3n) is 3.14. The molecule has 0 atom stereocenters. The second-order valence-corrected chi connectivity index (χ2v) is 5.31. The number of amides is 2. The molecule has 0 aliphatic heterocycles. The Morgan fingerprint density at radius 1 is 1.50 bits per heavy atom. The highest BCUT2D eigenvalue weighted by Gasteiger charge is 2.39. The summed E-state index contributed by atoms with van der Waals surface area (Å²) in [6.45, 7) is 0.379. The van der Waals surface area contributed by atoms with Crippen molar-refractivity contribution < 1.29 is 14.7 Å². The Morgan fingerprint density at radius 3 is 2.78 bits per heavy atom. The number of anilines is 1. The molecule has 0 aromatic carbocycles. The molecule has 0 radical (unpaired) electrons. The lowest BCUT2D eigenvalue weighted by molar-refractivity contribution is -0.141. The van der Waals surface area contributed by atoms with E-state index in [1.165, 1.54) is 16.8 Å². The lowest BCUT2D eigenvalue weighted by atomic mass is 9.66. The van der Waals surface area contributed by atoms with E-state index < -0.39 is 5.97 Å². The number of nitrogens with one attached hydrogen (secondary N) is 2. The molecule has 3 N–H and O–H groups in total. The number of carbonyl (C=O) groups is 2. The first-order valence-corrected chi connectivity index (χ1v) is 6.50. The molecule has 0 bridgehead atoms. The smallest absolute Gasteiger partial charge is 0.321 e. The molecule has 18 heavy (non-hydrogen) atoms. The average Bonchev–Trinajstić information content (AvgIpc) is 2.74. The van der Waals surface area contributed by atoms with Crippen LogP contribution in [-0.2, 0) is 4.79 Å². The van der Waals surface area contributed by atoms with Crippen LogP contribution < -0.4 is 10.6 Å². The van der Waals surface area contributed by atoms with Crippen LogP contribution in [0.4, 0.5) is 9.93 Å². The summed E-state index contributed by atoms with van der Waals surface area (Å²) in [4.78, 5) is 22.3. The van der Waals surface area contributed by atoms with E-state index in [0.29, 0.717) is 11.7 Å². The van der Waals surface area contributed by atoms with Gasteiger partial charge in [0.15, 0.2) is 0 Å². The molecule has 98 valence electrons. The molecule has 1 aromatic heterocycles. The fourth-order valence-corrected chi connectivity index (χ4v) is 2.49. The summed E-state index contributed by atoms with van der Waals surface area (Å²) < 4.78 is 0. The van der Waals surface area contributed by atoms with E-state index >= 15 is 0 Å². The van der Waals surface area contributed by atoms with Gasteiger partial charge in [0.2, 0.25) is 5.13 Å². The van der Waals surface area contributed by atoms with Gasteiger partial charge >= 0.3 is 12.0 Å². The molecule has 1 aliphatic carbocycles. The molecule has 0 spiro atoms. The van der Waals surface area contributed by atoms with Crippen LogP contribution in [0.15, 0.2) is 5.51 Å². The van der Waals surface area contributed by atoms with E-state index in [1.54, 1.807) is 0 Å². The molecule has 1 heterocycles. The van der Waals surface area contributed by atoms with E-state index in [-0.39, 0.29) is 17.9 Å². The Balaban J connectivity index is 1.79. The predicted molar refractivity (Wildman–Crippen MR) is 65.5 cm³/mol. The minimum atomic E-state index is -0.818. The second-order valence-electron chi connectivity index (χ2n) is 4.48. The van der Waals surface area contributed by atoms with Gasteiger partial charge in [0.25, 0.3) is 0 Å². The first-order chi connectivity index (χ1) is 8.60. The van der Waals surface area contributed by atoms with Crippen molar-refractivity contribution in [1.82, 2.24) is 15.5 Å².